The molecule has 0 aromatic rings. The van der Waals surface area contributed by atoms with E-state index in [9.17, 15) is 13.0 Å². The molecule has 0 aromatic heterocycles. The third-order valence-electron chi connectivity index (χ3n) is 4.47. The van der Waals surface area contributed by atoms with Crippen LogP contribution in [0.4, 0.5) is 0 Å². The van der Waals surface area contributed by atoms with E-state index >= 15 is 0 Å². The summed E-state index contributed by atoms with van der Waals surface area (Å²) >= 11 is 0. The minimum absolute atomic E-state index is 0. The van der Waals surface area contributed by atoms with Crippen molar-refractivity contribution in [3.8, 4) is 0 Å². The molecule has 0 fully saturated rings. The molecule has 0 amide bonds. The van der Waals surface area contributed by atoms with Gasteiger partial charge in [0.25, 0.3) is 0 Å². The average molecular weight is 389 g/mol. The first-order valence-corrected chi connectivity index (χ1v) is 11.0. The summed E-state index contributed by atoms with van der Waals surface area (Å²) in [4.78, 5) is 0. The maximum atomic E-state index is 11.2. The monoisotopic (exact) mass is 388 g/mol. The Balaban J connectivity index is 0. The Morgan fingerprint density at radius 3 is 1.50 bits per heavy atom. The van der Waals surface area contributed by atoms with Crippen LogP contribution in [0.5, 0.6) is 0 Å². The first-order chi connectivity index (χ1) is 11.0. The van der Waals surface area contributed by atoms with Crippen LogP contribution in [-0.4, -0.2) is 29.9 Å². The Bertz CT molecular complexity index is 347. The second-order valence-corrected chi connectivity index (χ2v) is 8.31. The zero-order valence-corrected chi connectivity index (χ0v) is 19.9. The van der Waals surface area contributed by atoms with Gasteiger partial charge in [0, 0.05) is 11.9 Å². The Kier molecular flexibility index (Phi) is 22.3. The van der Waals surface area contributed by atoms with Crippen molar-refractivity contribution in [3.63, 3.8) is 0 Å². The normalized spacial score (nSPS) is 12.8. The predicted molar refractivity (Wildman–Crippen MR) is 95.5 cm³/mol. The van der Waals surface area contributed by atoms with Crippen LogP contribution in [0.2, 0.25) is 0 Å². The molecule has 0 aliphatic rings. The fourth-order valence-electron chi connectivity index (χ4n) is 2.95. The van der Waals surface area contributed by atoms with Crippen molar-refractivity contribution >= 4 is 10.1 Å². The van der Waals surface area contributed by atoms with Crippen molar-refractivity contribution in [1.29, 1.82) is 0 Å². The summed E-state index contributed by atoms with van der Waals surface area (Å²) in [6.45, 7) is 2.29. The molecule has 0 heterocycles. The zero-order chi connectivity index (χ0) is 17.4. The van der Waals surface area contributed by atoms with Crippen LogP contribution >= 0.6 is 0 Å². The molecule has 0 aromatic carbocycles. The van der Waals surface area contributed by atoms with Gasteiger partial charge in [-0.15, -0.1) is 0 Å². The van der Waals surface area contributed by atoms with Crippen LogP contribution in [0.25, 0.3) is 0 Å². The summed E-state index contributed by atoms with van der Waals surface area (Å²) in [5, 5.41) is 7.97. The van der Waals surface area contributed by atoms with Crippen LogP contribution < -0.4 is 51.4 Å². The van der Waals surface area contributed by atoms with Gasteiger partial charge in [-0.2, -0.15) is 0 Å². The van der Waals surface area contributed by atoms with Crippen molar-refractivity contribution in [2.24, 2.45) is 0 Å². The molecule has 1 N–H and O–H groups in total. The van der Waals surface area contributed by atoms with E-state index in [1.165, 1.54) is 51.4 Å². The molecule has 0 aliphatic heterocycles. The molecular weight excluding hydrogens is 351 g/mol. The van der Waals surface area contributed by atoms with Crippen LogP contribution in [0.1, 0.15) is 103 Å². The smallest absolute Gasteiger partial charge is 0.748 e. The van der Waals surface area contributed by atoms with E-state index in [-0.39, 0.29) is 58.0 Å². The first-order valence-electron chi connectivity index (χ1n) is 9.58. The Hall–Kier alpha value is 1.51. The first kappa shape index (κ1) is 27.7. The topological polar surface area (TPSA) is 77.4 Å². The van der Waals surface area contributed by atoms with Crippen molar-refractivity contribution in [2.45, 2.75) is 108 Å². The molecule has 6 heteroatoms. The molecule has 4 nitrogen and oxygen atoms in total. The Morgan fingerprint density at radius 1 is 0.750 bits per heavy atom. The minimum Gasteiger partial charge on any atom is -0.748 e. The van der Waals surface area contributed by atoms with Gasteiger partial charge in [-0.1, -0.05) is 77.6 Å². The van der Waals surface area contributed by atoms with Crippen molar-refractivity contribution in [3.05, 3.63) is 0 Å². The van der Waals surface area contributed by atoms with E-state index in [0.29, 0.717) is 25.7 Å². The number of hydrogen-bond donors (Lipinski definition) is 1. The van der Waals surface area contributed by atoms with Crippen molar-refractivity contribution < 1.29 is 69.5 Å². The second kappa shape index (κ2) is 19.3. The van der Waals surface area contributed by atoms with E-state index in [2.05, 4.69) is 6.92 Å². The van der Waals surface area contributed by atoms with Gasteiger partial charge in [0.05, 0.1) is 10.1 Å². The molecule has 0 bridgehead atoms. The largest absolute Gasteiger partial charge is 1.00 e. The van der Waals surface area contributed by atoms with E-state index in [0.717, 1.165) is 19.3 Å². The standard InChI is InChI=1S/C18H38O4S.K/c1-2-3-4-5-6-7-8-9-10-11-12-15-18(23(20,21)22)16-13-14-17-19;/h18-19H,2-17H2,1H3,(H,20,21,22);/q;+1/p-1. The number of hydrogen-bond acceptors (Lipinski definition) is 4. The number of rotatable bonds is 17. The van der Waals surface area contributed by atoms with Crippen LogP contribution in [0.3, 0.4) is 0 Å². The summed E-state index contributed by atoms with van der Waals surface area (Å²) in [6.07, 6.45) is 15.5. The summed E-state index contributed by atoms with van der Waals surface area (Å²) in [6, 6.07) is 0. The maximum Gasteiger partial charge on any atom is 1.00 e. The molecule has 0 spiro atoms. The fraction of sp³-hybridized carbons (Fsp3) is 1.00. The number of aliphatic hydroxyl groups is 1. The van der Waals surface area contributed by atoms with Gasteiger partial charge in [0.2, 0.25) is 0 Å². The van der Waals surface area contributed by atoms with Gasteiger partial charge in [0.15, 0.2) is 0 Å². The molecule has 0 rings (SSSR count). The molecule has 1 unspecified atom stereocenters. The van der Waals surface area contributed by atoms with Gasteiger partial charge >= 0.3 is 51.4 Å². The quantitative estimate of drug-likeness (QED) is 0.234. The predicted octanol–water partition coefficient (Wildman–Crippen LogP) is 1.77. The van der Waals surface area contributed by atoms with Crippen molar-refractivity contribution in [2.75, 3.05) is 6.61 Å². The molecule has 0 aliphatic carbocycles. The third kappa shape index (κ3) is 18.3. The van der Waals surface area contributed by atoms with E-state index in [4.69, 9.17) is 5.11 Å². The zero-order valence-electron chi connectivity index (χ0n) is 16.0. The molecule has 1 atom stereocenters. The molecule has 140 valence electrons. The van der Waals surface area contributed by atoms with Gasteiger partial charge in [-0.05, 0) is 25.7 Å². The fourth-order valence-corrected chi connectivity index (χ4v) is 3.86. The number of aliphatic hydroxyl groups excluding tert-OH is 1. The Labute approximate surface area is 192 Å². The van der Waals surface area contributed by atoms with Gasteiger partial charge in [0.1, 0.15) is 0 Å². The molecular formula is C18H37KO4S. The third-order valence-corrected chi connectivity index (χ3v) is 5.76. The van der Waals surface area contributed by atoms with Crippen LogP contribution in [0.15, 0.2) is 0 Å². The van der Waals surface area contributed by atoms with Crippen LogP contribution in [0, 0.1) is 0 Å². The summed E-state index contributed by atoms with van der Waals surface area (Å²) in [7, 11) is -4.19. The minimum atomic E-state index is -4.19. The van der Waals surface area contributed by atoms with Gasteiger partial charge < -0.3 is 9.66 Å². The molecule has 24 heavy (non-hydrogen) atoms. The van der Waals surface area contributed by atoms with E-state index in [1.807, 2.05) is 0 Å². The molecule has 0 saturated carbocycles. The van der Waals surface area contributed by atoms with Gasteiger partial charge in [-0.3, -0.25) is 0 Å². The van der Waals surface area contributed by atoms with E-state index < -0.39 is 15.4 Å². The SMILES string of the molecule is CCCCCCCCCCCCCC(CCCCO)S(=O)(=O)[O-].[K+]. The number of unbranched alkanes of at least 4 members (excludes halogenated alkanes) is 11. The van der Waals surface area contributed by atoms with E-state index in [1.54, 1.807) is 0 Å². The Morgan fingerprint density at radius 2 is 1.12 bits per heavy atom. The molecule has 0 saturated heterocycles. The van der Waals surface area contributed by atoms with Crippen molar-refractivity contribution in [1.82, 2.24) is 0 Å². The molecule has 0 radical (unpaired) electrons. The summed E-state index contributed by atoms with van der Waals surface area (Å²) < 4.78 is 33.7. The second-order valence-electron chi connectivity index (χ2n) is 6.66. The summed E-state index contributed by atoms with van der Waals surface area (Å²) in [5.74, 6) is 0. The average Bonchev–Trinajstić information content (AvgIpc) is 2.49. The van der Waals surface area contributed by atoms with Gasteiger partial charge in [-0.25, -0.2) is 8.42 Å². The van der Waals surface area contributed by atoms with Crippen LogP contribution in [-0.2, 0) is 10.1 Å². The summed E-state index contributed by atoms with van der Waals surface area (Å²) in [5.41, 5.74) is 0. The maximum absolute atomic E-state index is 11.2.